The lowest BCUT2D eigenvalue weighted by Crippen LogP contribution is -2.54. The molecule has 1 aromatic rings. The summed E-state index contributed by atoms with van der Waals surface area (Å²) in [6, 6.07) is 4.28. The molecule has 3 atom stereocenters. The van der Waals surface area contributed by atoms with E-state index in [1.54, 1.807) is 52.0 Å². The SMILES string of the molecule is C#Cc1ccccc1C(C(=O)NC(C)CCC)N(CC)C(=O)C(CC(N)=O)NC(=O)OC(C)(C)C. The molecule has 35 heavy (non-hydrogen) atoms. The molecule has 0 heterocycles. The summed E-state index contributed by atoms with van der Waals surface area (Å²) in [6.07, 6.45) is 5.95. The highest BCUT2D eigenvalue weighted by atomic mass is 16.6. The van der Waals surface area contributed by atoms with E-state index in [2.05, 4.69) is 16.6 Å². The summed E-state index contributed by atoms with van der Waals surface area (Å²) in [7, 11) is 0. The first-order chi connectivity index (χ1) is 16.3. The fourth-order valence-corrected chi connectivity index (χ4v) is 3.66. The summed E-state index contributed by atoms with van der Waals surface area (Å²) in [5.74, 6) is 0.693. The number of terminal acetylenes is 1. The molecular formula is C26H38N4O5. The van der Waals surface area contributed by atoms with Crippen LogP contribution in [0.2, 0.25) is 0 Å². The van der Waals surface area contributed by atoms with Crippen molar-refractivity contribution in [2.24, 2.45) is 5.73 Å². The number of primary amides is 1. The highest BCUT2D eigenvalue weighted by Gasteiger charge is 2.37. The molecule has 4 amide bonds. The number of hydrogen-bond donors (Lipinski definition) is 3. The lowest BCUT2D eigenvalue weighted by molar-refractivity contribution is -0.143. The summed E-state index contributed by atoms with van der Waals surface area (Å²) in [6.45, 7) is 10.7. The first-order valence-corrected chi connectivity index (χ1v) is 11.8. The van der Waals surface area contributed by atoms with Crippen molar-refractivity contribution < 1.29 is 23.9 Å². The van der Waals surface area contributed by atoms with E-state index in [0.717, 1.165) is 12.8 Å². The number of rotatable bonds is 11. The van der Waals surface area contributed by atoms with Crippen molar-refractivity contribution in [3.63, 3.8) is 0 Å². The highest BCUT2D eigenvalue weighted by molar-refractivity contribution is 5.94. The van der Waals surface area contributed by atoms with Crippen LogP contribution in [0.15, 0.2) is 24.3 Å². The third-order valence-electron chi connectivity index (χ3n) is 5.10. The molecule has 0 aliphatic rings. The first-order valence-electron chi connectivity index (χ1n) is 11.8. The highest BCUT2D eigenvalue weighted by Crippen LogP contribution is 2.26. The third-order valence-corrected chi connectivity index (χ3v) is 5.10. The number of amides is 4. The minimum Gasteiger partial charge on any atom is -0.444 e. The topological polar surface area (TPSA) is 131 Å². The van der Waals surface area contributed by atoms with Crippen LogP contribution in [-0.4, -0.2) is 52.9 Å². The quantitative estimate of drug-likeness (QED) is 0.414. The lowest BCUT2D eigenvalue weighted by atomic mass is 9.97. The molecule has 0 aliphatic carbocycles. The second-order valence-electron chi connectivity index (χ2n) is 9.33. The Balaban J connectivity index is 3.46. The molecule has 0 bridgehead atoms. The van der Waals surface area contributed by atoms with Crippen molar-refractivity contribution in [2.45, 2.75) is 84.5 Å². The van der Waals surface area contributed by atoms with E-state index in [0.29, 0.717) is 11.1 Å². The van der Waals surface area contributed by atoms with Gasteiger partial charge in [-0.1, -0.05) is 37.5 Å². The molecule has 4 N–H and O–H groups in total. The Morgan fingerprint density at radius 1 is 1.14 bits per heavy atom. The number of nitrogens with two attached hydrogens (primary N) is 1. The number of nitrogens with one attached hydrogen (secondary N) is 2. The second-order valence-corrected chi connectivity index (χ2v) is 9.33. The van der Waals surface area contributed by atoms with E-state index in [1.165, 1.54) is 4.90 Å². The van der Waals surface area contributed by atoms with Crippen molar-refractivity contribution in [3.8, 4) is 12.3 Å². The Hall–Kier alpha value is -3.54. The van der Waals surface area contributed by atoms with Gasteiger partial charge in [0.25, 0.3) is 0 Å². The molecule has 0 aliphatic heterocycles. The van der Waals surface area contributed by atoms with Gasteiger partial charge in [0.05, 0.1) is 6.42 Å². The van der Waals surface area contributed by atoms with Crippen LogP contribution < -0.4 is 16.4 Å². The Bertz CT molecular complexity index is 948. The zero-order valence-corrected chi connectivity index (χ0v) is 21.5. The van der Waals surface area contributed by atoms with Crippen LogP contribution in [0.3, 0.4) is 0 Å². The molecule has 0 spiro atoms. The summed E-state index contributed by atoms with van der Waals surface area (Å²) in [5.41, 5.74) is 5.45. The van der Waals surface area contributed by atoms with E-state index in [9.17, 15) is 19.2 Å². The van der Waals surface area contributed by atoms with Crippen molar-refractivity contribution in [1.29, 1.82) is 0 Å². The van der Waals surface area contributed by atoms with Gasteiger partial charge in [0, 0.05) is 18.2 Å². The molecule has 0 fully saturated rings. The predicted octanol–water partition coefficient (Wildman–Crippen LogP) is 2.63. The van der Waals surface area contributed by atoms with Gasteiger partial charge in [0.15, 0.2) is 0 Å². The van der Waals surface area contributed by atoms with Crippen molar-refractivity contribution in [3.05, 3.63) is 35.4 Å². The third kappa shape index (κ3) is 9.32. The molecule has 3 unspecified atom stereocenters. The molecule has 0 saturated heterocycles. The smallest absolute Gasteiger partial charge is 0.408 e. The maximum atomic E-state index is 13.7. The summed E-state index contributed by atoms with van der Waals surface area (Å²) < 4.78 is 5.24. The van der Waals surface area contributed by atoms with Crippen molar-refractivity contribution >= 4 is 23.8 Å². The molecule has 0 aromatic heterocycles. The Kier molecular flexibility index (Phi) is 11.3. The van der Waals surface area contributed by atoms with Gasteiger partial charge in [-0.25, -0.2) is 4.79 Å². The fourth-order valence-electron chi connectivity index (χ4n) is 3.66. The standard InChI is InChI=1S/C26H38N4O5/c1-8-13-17(4)28-23(32)22(19-15-12-11-14-18(19)9-2)30(10-3)24(33)20(16-21(27)31)29-25(34)35-26(5,6)7/h2,11-12,14-15,17,20,22H,8,10,13,16H2,1,3-7H3,(H2,27,31)(H,28,32)(H,29,34). The zero-order chi connectivity index (χ0) is 26.8. The summed E-state index contributed by atoms with van der Waals surface area (Å²) in [5, 5.41) is 5.38. The largest absolute Gasteiger partial charge is 0.444 e. The number of nitrogens with zero attached hydrogens (tertiary/aromatic N) is 1. The number of likely N-dealkylation sites (N-methyl/N-ethyl adjacent to an activating group) is 1. The van der Waals surface area contributed by atoms with Crippen molar-refractivity contribution in [2.75, 3.05) is 6.54 Å². The van der Waals surface area contributed by atoms with Crippen LogP contribution in [0.25, 0.3) is 0 Å². The van der Waals surface area contributed by atoms with Crippen LogP contribution in [0.4, 0.5) is 4.79 Å². The molecule has 0 radical (unpaired) electrons. The minimum atomic E-state index is -1.33. The number of alkyl carbamates (subject to hydrolysis) is 1. The van der Waals surface area contributed by atoms with Crippen LogP contribution in [0.5, 0.6) is 0 Å². The molecule has 192 valence electrons. The van der Waals surface area contributed by atoms with Crippen LogP contribution in [0.1, 0.15) is 78.0 Å². The Morgan fingerprint density at radius 2 is 1.77 bits per heavy atom. The number of benzene rings is 1. The number of ether oxygens (including phenoxy) is 1. The number of carbonyl (C=O) groups excluding carboxylic acids is 4. The lowest BCUT2D eigenvalue weighted by Gasteiger charge is -2.34. The van der Waals surface area contributed by atoms with Gasteiger partial charge in [0.2, 0.25) is 17.7 Å². The molecule has 9 nitrogen and oxygen atoms in total. The normalized spacial score (nSPS) is 13.5. The molecular weight excluding hydrogens is 448 g/mol. The Morgan fingerprint density at radius 3 is 2.29 bits per heavy atom. The molecule has 1 rings (SSSR count). The number of carbonyl (C=O) groups is 4. The summed E-state index contributed by atoms with van der Waals surface area (Å²) >= 11 is 0. The monoisotopic (exact) mass is 486 g/mol. The van der Waals surface area contributed by atoms with E-state index in [1.807, 2.05) is 13.8 Å². The van der Waals surface area contributed by atoms with Crippen LogP contribution in [-0.2, 0) is 19.1 Å². The van der Waals surface area contributed by atoms with Crippen LogP contribution in [0, 0.1) is 12.3 Å². The Labute approximate surface area is 208 Å². The molecule has 1 aromatic carbocycles. The average Bonchev–Trinajstić information content (AvgIpc) is 2.74. The molecule has 0 saturated carbocycles. The van der Waals surface area contributed by atoms with E-state index < -0.39 is 47.9 Å². The predicted molar refractivity (Wildman–Crippen MR) is 134 cm³/mol. The molecule has 9 heteroatoms. The maximum Gasteiger partial charge on any atom is 0.408 e. The van der Waals surface area contributed by atoms with Gasteiger partial charge in [-0.3, -0.25) is 14.4 Å². The average molecular weight is 487 g/mol. The second kappa shape index (κ2) is 13.4. The van der Waals surface area contributed by atoms with Crippen LogP contribution >= 0.6 is 0 Å². The maximum absolute atomic E-state index is 13.7. The van der Waals surface area contributed by atoms with Gasteiger partial charge in [-0.15, -0.1) is 6.42 Å². The summed E-state index contributed by atoms with van der Waals surface area (Å²) in [4.78, 5) is 52.6. The van der Waals surface area contributed by atoms with Crippen molar-refractivity contribution in [1.82, 2.24) is 15.5 Å². The van der Waals surface area contributed by atoms with Gasteiger partial charge in [-0.2, -0.15) is 0 Å². The van der Waals surface area contributed by atoms with Gasteiger partial charge < -0.3 is 26.0 Å². The minimum absolute atomic E-state index is 0.100. The zero-order valence-electron chi connectivity index (χ0n) is 21.5. The number of hydrogen-bond acceptors (Lipinski definition) is 5. The van der Waals surface area contributed by atoms with Gasteiger partial charge in [0.1, 0.15) is 17.7 Å². The van der Waals surface area contributed by atoms with Gasteiger partial charge >= 0.3 is 6.09 Å². The van der Waals surface area contributed by atoms with E-state index in [4.69, 9.17) is 16.9 Å². The fraction of sp³-hybridized carbons (Fsp3) is 0.538. The van der Waals surface area contributed by atoms with E-state index in [-0.39, 0.29) is 12.6 Å². The van der Waals surface area contributed by atoms with E-state index >= 15 is 0 Å². The first kappa shape index (κ1) is 29.5. The van der Waals surface area contributed by atoms with Gasteiger partial charge in [-0.05, 0) is 52.7 Å².